The van der Waals surface area contributed by atoms with E-state index in [0.29, 0.717) is 17.9 Å². The van der Waals surface area contributed by atoms with E-state index in [1.54, 1.807) is 19.4 Å². The summed E-state index contributed by atoms with van der Waals surface area (Å²) in [6.07, 6.45) is 1.59. The van der Waals surface area contributed by atoms with Crippen LogP contribution in [0.1, 0.15) is 27.2 Å². The number of fused-ring (bicyclic) bond motifs is 1. The second-order valence-electron chi connectivity index (χ2n) is 7.03. The number of rotatable bonds is 5. The molecule has 0 radical (unpaired) electrons. The van der Waals surface area contributed by atoms with Gasteiger partial charge in [-0.15, -0.1) is 0 Å². The molecule has 4 rings (SSSR count). The fourth-order valence-corrected chi connectivity index (χ4v) is 3.47. The van der Waals surface area contributed by atoms with Crippen molar-refractivity contribution in [2.75, 3.05) is 7.11 Å². The molecule has 0 bridgehead atoms. The molecule has 2 aromatic carbocycles. The summed E-state index contributed by atoms with van der Waals surface area (Å²) in [6.45, 7) is 4.37. The molecule has 0 aliphatic rings. The Bertz CT molecular complexity index is 1180. The Labute approximate surface area is 169 Å². The average Bonchev–Trinajstić information content (AvgIpc) is 3.25. The van der Waals surface area contributed by atoms with Gasteiger partial charge in [0.25, 0.3) is 5.91 Å². The Morgan fingerprint density at radius 1 is 1.10 bits per heavy atom. The average molecular weight is 386 g/mol. The zero-order valence-corrected chi connectivity index (χ0v) is 16.7. The number of pyridine rings is 1. The Balaban J connectivity index is 1.83. The molecule has 4 aromatic rings. The number of methoxy groups -OCH3 is 1. The van der Waals surface area contributed by atoms with Crippen molar-refractivity contribution in [2.45, 2.75) is 20.4 Å². The lowest BCUT2D eigenvalue weighted by molar-refractivity contribution is 0.0949. The highest BCUT2D eigenvalue weighted by atomic mass is 16.5. The Kier molecular flexibility index (Phi) is 5.04. The highest BCUT2D eigenvalue weighted by Crippen LogP contribution is 2.29. The van der Waals surface area contributed by atoms with Gasteiger partial charge >= 0.3 is 0 Å². The third kappa shape index (κ3) is 3.85. The molecule has 1 N–H and O–H groups in total. The van der Waals surface area contributed by atoms with Gasteiger partial charge in [-0.2, -0.15) is 0 Å². The number of carbonyl (C=O) groups is 1. The molecular formula is C24H22N2O3. The normalized spacial score (nSPS) is 10.9. The Hall–Kier alpha value is -3.60. The zero-order chi connectivity index (χ0) is 20.4. The van der Waals surface area contributed by atoms with Crippen molar-refractivity contribution < 1.29 is 13.9 Å². The van der Waals surface area contributed by atoms with E-state index in [-0.39, 0.29) is 5.91 Å². The number of hydrogen-bond donors (Lipinski definition) is 1. The minimum absolute atomic E-state index is 0.164. The highest BCUT2D eigenvalue weighted by molar-refractivity contribution is 6.08. The van der Waals surface area contributed by atoms with Gasteiger partial charge in [0, 0.05) is 10.9 Å². The molecule has 146 valence electrons. The van der Waals surface area contributed by atoms with E-state index in [0.717, 1.165) is 39.0 Å². The Morgan fingerprint density at radius 2 is 1.97 bits per heavy atom. The number of hydrogen-bond acceptors (Lipinski definition) is 4. The highest BCUT2D eigenvalue weighted by Gasteiger charge is 2.16. The van der Waals surface area contributed by atoms with Gasteiger partial charge in [0.1, 0.15) is 11.5 Å². The van der Waals surface area contributed by atoms with Crippen molar-refractivity contribution in [1.29, 1.82) is 0 Å². The summed E-state index contributed by atoms with van der Waals surface area (Å²) in [5.74, 6) is 1.29. The van der Waals surface area contributed by atoms with Crippen molar-refractivity contribution in [3.8, 4) is 17.0 Å². The topological polar surface area (TPSA) is 64.4 Å². The van der Waals surface area contributed by atoms with Crippen LogP contribution in [0.5, 0.6) is 5.75 Å². The van der Waals surface area contributed by atoms with Crippen LogP contribution < -0.4 is 10.1 Å². The van der Waals surface area contributed by atoms with Crippen molar-refractivity contribution >= 4 is 16.8 Å². The van der Waals surface area contributed by atoms with Crippen LogP contribution in [0.15, 0.2) is 65.3 Å². The van der Waals surface area contributed by atoms with E-state index >= 15 is 0 Å². The first-order valence-electron chi connectivity index (χ1n) is 9.42. The molecule has 0 fully saturated rings. The van der Waals surface area contributed by atoms with Crippen molar-refractivity contribution in [1.82, 2.24) is 10.3 Å². The maximum Gasteiger partial charge on any atom is 0.252 e. The van der Waals surface area contributed by atoms with Crippen LogP contribution in [0.4, 0.5) is 0 Å². The fraction of sp³-hybridized carbons (Fsp3) is 0.167. The van der Waals surface area contributed by atoms with Gasteiger partial charge in [0.15, 0.2) is 0 Å². The number of aromatic nitrogens is 1. The van der Waals surface area contributed by atoms with Crippen LogP contribution in [0, 0.1) is 13.8 Å². The summed E-state index contributed by atoms with van der Waals surface area (Å²) in [7, 11) is 1.63. The number of carbonyl (C=O) groups excluding carboxylic acids is 1. The maximum atomic E-state index is 13.1. The quantitative estimate of drug-likeness (QED) is 0.521. The van der Waals surface area contributed by atoms with E-state index in [1.165, 1.54) is 0 Å². The van der Waals surface area contributed by atoms with Gasteiger partial charge in [-0.25, -0.2) is 4.98 Å². The molecule has 5 heteroatoms. The number of aryl methyl sites for hydroxylation is 2. The molecule has 0 atom stereocenters. The second kappa shape index (κ2) is 7.80. The predicted molar refractivity (Wildman–Crippen MR) is 113 cm³/mol. The number of furan rings is 1. The van der Waals surface area contributed by atoms with Gasteiger partial charge in [-0.3, -0.25) is 4.79 Å². The van der Waals surface area contributed by atoms with Crippen LogP contribution in [-0.4, -0.2) is 18.0 Å². The van der Waals surface area contributed by atoms with Gasteiger partial charge in [0.05, 0.1) is 36.7 Å². The molecule has 2 aromatic heterocycles. The largest absolute Gasteiger partial charge is 0.497 e. The summed E-state index contributed by atoms with van der Waals surface area (Å²) >= 11 is 0. The lowest BCUT2D eigenvalue weighted by Gasteiger charge is -2.13. The third-order valence-corrected chi connectivity index (χ3v) is 4.86. The minimum atomic E-state index is -0.164. The van der Waals surface area contributed by atoms with Crippen molar-refractivity contribution in [2.24, 2.45) is 0 Å². The monoisotopic (exact) mass is 386 g/mol. The summed E-state index contributed by atoms with van der Waals surface area (Å²) < 4.78 is 10.7. The fourth-order valence-electron chi connectivity index (χ4n) is 3.47. The smallest absolute Gasteiger partial charge is 0.252 e. The molecule has 0 aliphatic heterocycles. The Morgan fingerprint density at radius 3 is 2.72 bits per heavy atom. The van der Waals surface area contributed by atoms with E-state index < -0.39 is 0 Å². The summed E-state index contributed by atoms with van der Waals surface area (Å²) in [6, 6.07) is 17.2. The van der Waals surface area contributed by atoms with Crippen molar-refractivity contribution in [3.63, 3.8) is 0 Å². The van der Waals surface area contributed by atoms with Crippen LogP contribution in [0.25, 0.3) is 22.2 Å². The number of ether oxygens (including phenoxy) is 1. The third-order valence-electron chi connectivity index (χ3n) is 4.86. The molecule has 0 saturated carbocycles. The lowest BCUT2D eigenvalue weighted by atomic mass is 9.99. The zero-order valence-electron chi connectivity index (χ0n) is 16.7. The second-order valence-corrected chi connectivity index (χ2v) is 7.03. The van der Waals surface area contributed by atoms with E-state index in [1.807, 2.05) is 56.3 Å². The molecular weight excluding hydrogens is 364 g/mol. The minimum Gasteiger partial charge on any atom is -0.497 e. The number of amides is 1. The summed E-state index contributed by atoms with van der Waals surface area (Å²) in [5.41, 5.74) is 5.15. The van der Waals surface area contributed by atoms with Gasteiger partial charge in [-0.1, -0.05) is 23.8 Å². The summed E-state index contributed by atoms with van der Waals surface area (Å²) in [4.78, 5) is 17.9. The molecule has 0 unspecified atom stereocenters. The number of nitrogens with zero attached hydrogens (tertiary/aromatic N) is 1. The first-order chi connectivity index (χ1) is 14.0. The molecule has 0 spiro atoms. The number of nitrogens with one attached hydrogen (secondary N) is 1. The van der Waals surface area contributed by atoms with Gasteiger partial charge < -0.3 is 14.5 Å². The van der Waals surface area contributed by atoms with Crippen LogP contribution in [0.2, 0.25) is 0 Å². The number of benzene rings is 2. The first kappa shape index (κ1) is 18.7. The van der Waals surface area contributed by atoms with E-state index in [2.05, 4.69) is 11.4 Å². The maximum absolute atomic E-state index is 13.1. The molecule has 0 saturated heterocycles. The molecule has 29 heavy (non-hydrogen) atoms. The SMILES string of the molecule is COc1cccc(-c2cc(C(=O)NCc3ccco3)c3cc(C)cc(C)c3n2)c1. The lowest BCUT2D eigenvalue weighted by Crippen LogP contribution is -2.23. The van der Waals surface area contributed by atoms with Gasteiger partial charge in [-0.05, 0) is 55.8 Å². The van der Waals surface area contributed by atoms with Crippen LogP contribution in [0.3, 0.4) is 0 Å². The first-order valence-corrected chi connectivity index (χ1v) is 9.42. The molecule has 1 amide bonds. The predicted octanol–water partition coefficient (Wildman–Crippen LogP) is 5.05. The van der Waals surface area contributed by atoms with Crippen LogP contribution in [-0.2, 0) is 6.54 Å². The molecule has 0 aliphatic carbocycles. The van der Waals surface area contributed by atoms with Crippen molar-refractivity contribution in [3.05, 3.63) is 83.3 Å². The van der Waals surface area contributed by atoms with Crippen LogP contribution >= 0.6 is 0 Å². The molecule has 2 heterocycles. The van der Waals surface area contributed by atoms with E-state index in [9.17, 15) is 4.79 Å². The van der Waals surface area contributed by atoms with E-state index in [4.69, 9.17) is 14.1 Å². The standard InChI is InChI=1S/C24H22N2O3/c1-15-10-16(2)23-20(11-15)21(24(27)25-14-19-8-5-9-29-19)13-22(26-23)17-6-4-7-18(12-17)28-3/h4-13H,14H2,1-3H3,(H,25,27). The molecule has 5 nitrogen and oxygen atoms in total. The van der Waals surface area contributed by atoms with Gasteiger partial charge in [0.2, 0.25) is 0 Å². The summed E-state index contributed by atoms with van der Waals surface area (Å²) in [5, 5.41) is 3.79.